The summed E-state index contributed by atoms with van der Waals surface area (Å²) >= 11 is 0. The predicted octanol–water partition coefficient (Wildman–Crippen LogP) is 5.25. The minimum absolute atomic E-state index is 0.205. The van der Waals surface area contributed by atoms with Crippen LogP contribution >= 0.6 is 0 Å². The Hall–Kier alpha value is -4.50. The van der Waals surface area contributed by atoms with Crippen molar-refractivity contribution in [1.82, 2.24) is 23.9 Å². The molecule has 0 radical (unpaired) electrons. The van der Waals surface area contributed by atoms with Crippen LogP contribution in [0.25, 0.3) is 33.2 Å². The highest BCUT2D eigenvalue weighted by Crippen LogP contribution is 2.42. The molecular weight excluding hydrogens is 484 g/mol. The molecule has 1 atom stereocenters. The van der Waals surface area contributed by atoms with Gasteiger partial charge in [-0.2, -0.15) is 0 Å². The molecule has 37 heavy (non-hydrogen) atoms. The average molecular weight is 509 g/mol. The summed E-state index contributed by atoms with van der Waals surface area (Å²) in [7, 11) is -3.99. The summed E-state index contributed by atoms with van der Waals surface area (Å²) in [6.07, 6.45) is 1.51. The second-order valence-electron chi connectivity index (χ2n) is 9.01. The van der Waals surface area contributed by atoms with E-state index in [4.69, 9.17) is 5.73 Å². The molecule has 0 aliphatic rings. The number of hydrogen-bond acceptors (Lipinski definition) is 6. The van der Waals surface area contributed by atoms with Gasteiger partial charge in [0.15, 0.2) is 11.5 Å². The van der Waals surface area contributed by atoms with Crippen molar-refractivity contribution in [3.05, 3.63) is 102 Å². The second kappa shape index (κ2) is 8.56. The molecule has 0 bridgehead atoms. The molecule has 8 nitrogen and oxygen atoms in total. The fourth-order valence-corrected chi connectivity index (χ4v) is 6.42. The molecule has 6 aromatic rings. The number of para-hydroxylation sites is 1. The molecule has 0 fully saturated rings. The van der Waals surface area contributed by atoms with E-state index in [1.54, 1.807) is 24.3 Å². The number of rotatable bonds is 5. The molecule has 6 rings (SSSR count). The molecule has 3 heterocycles. The number of nitrogens with one attached hydrogen (secondary N) is 1. The molecule has 184 valence electrons. The maximum absolute atomic E-state index is 14.3. The van der Waals surface area contributed by atoms with E-state index in [1.807, 2.05) is 68.4 Å². The van der Waals surface area contributed by atoms with Crippen LogP contribution in [0.3, 0.4) is 0 Å². The number of anilines is 1. The molecule has 3 aromatic carbocycles. The molecule has 0 saturated heterocycles. The Morgan fingerprint density at radius 1 is 0.919 bits per heavy atom. The van der Waals surface area contributed by atoms with Gasteiger partial charge >= 0.3 is 0 Å². The van der Waals surface area contributed by atoms with Crippen LogP contribution in [-0.2, 0) is 10.0 Å². The Labute approximate surface area is 213 Å². The zero-order valence-corrected chi connectivity index (χ0v) is 21.1. The van der Waals surface area contributed by atoms with Crippen LogP contribution in [0.15, 0.2) is 90.1 Å². The van der Waals surface area contributed by atoms with Gasteiger partial charge in [-0.1, -0.05) is 66.2 Å². The zero-order chi connectivity index (χ0) is 25.7. The van der Waals surface area contributed by atoms with Gasteiger partial charge in [0, 0.05) is 10.9 Å². The summed E-state index contributed by atoms with van der Waals surface area (Å²) in [5.41, 5.74) is 11.0. The van der Waals surface area contributed by atoms with Crippen molar-refractivity contribution in [2.75, 3.05) is 5.73 Å². The van der Waals surface area contributed by atoms with Crippen LogP contribution in [0, 0.1) is 6.92 Å². The Kier molecular flexibility index (Phi) is 5.31. The molecular formula is C28H24N6O2S. The van der Waals surface area contributed by atoms with Crippen LogP contribution in [-0.4, -0.2) is 32.3 Å². The number of H-pyrrole nitrogens is 1. The highest BCUT2D eigenvalue weighted by molar-refractivity contribution is 7.90. The van der Waals surface area contributed by atoms with E-state index in [0.717, 1.165) is 22.1 Å². The van der Waals surface area contributed by atoms with Crippen LogP contribution < -0.4 is 5.73 Å². The zero-order valence-electron chi connectivity index (χ0n) is 20.3. The molecule has 0 aliphatic carbocycles. The van der Waals surface area contributed by atoms with Crippen LogP contribution in [0.4, 0.5) is 5.82 Å². The lowest BCUT2D eigenvalue weighted by Crippen LogP contribution is -2.19. The highest BCUT2D eigenvalue weighted by Gasteiger charge is 2.32. The van der Waals surface area contributed by atoms with Gasteiger partial charge in [0.1, 0.15) is 11.3 Å². The van der Waals surface area contributed by atoms with Crippen LogP contribution in [0.2, 0.25) is 0 Å². The highest BCUT2D eigenvalue weighted by atomic mass is 32.2. The van der Waals surface area contributed by atoms with Gasteiger partial charge in [-0.25, -0.2) is 27.3 Å². The summed E-state index contributed by atoms with van der Waals surface area (Å²) in [5, 5.41) is 0.821. The molecule has 3 N–H and O–H groups in total. The maximum atomic E-state index is 14.3. The number of aromatic nitrogens is 5. The fraction of sp³-hybridized carbons (Fsp3) is 0.107. The van der Waals surface area contributed by atoms with Gasteiger partial charge in [0.25, 0.3) is 10.0 Å². The summed E-state index contributed by atoms with van der Waals surface area (Å²) < 4.78 is 30.0. The van der Waals surface area contributed by atoms with Crippen molar-refractivity contribution in [3.8, 4) is 11.1 Å². The van der Waals surface area contributed by atoms with Gasteiger partial charge in [-0.3, -0.25) is 0 Å². The van der Waals surface area contributed by atoms with Crippen molar-refractivity contribution in [2.24, 2.45) is 0 Å². The first-order chi connectivity index (χ1) is 17.9. The lowest BCUT2D eigenvalue weighted by atomic mass is 9.95. The van der Waals surface area contributed by atoms with Crippen LogP contribution in [0.1, 0.15) is 29.9 Å². The smallest absolute Gasteiger partial charge is 0.268 e. The Balaban J connectivity index is 1.71. The number of nitrogens with zero attached hydrogens (tertiary/aromatic N) is 4. The van der Waals surface area contributed by atoms with Gasteiger partial charge in [-0.05, 0) is 37.6 Å². The summed E-state index contributed by atoms with van der Waals surface area (Å²) in [4.78, 5) is 16.6. The van der Waals surface area contributed by atoms with E-state index in [9.17, 15) is 8.42 Å². The topological polar surface area (TPSA) is 120 Å². The van der Waals surface area contributed by atoms with Gasteiger partial charge in [-0.15, -0.1) is 0 Å². The van der Waals surface area contributed by atoms with Gasteiger partial charge in [0.2, 0.25) is 0 Å². The van der Waals surface area contributed by atoms with Crippen molar-refractivity contribution in [1.29, 1.82) is 0 Å². The third-order valence-corrected chi connectivity index (χ3v) is 8.35. The molecule has 9 heteroatoms. The second-order valence-corrected chi connectivity index (χ2v) is 10.8. The Morgan fingerprint density at radius 2 is 1.62 bits per heavy atom. The van der Waals surface area contributed by atoms with Crippen molar-refractivity contribution >= 4 is 37.9 Å². The van der Waals surface area contributed by atoms with E-state index in [0.29, 0.717) is 28.2 Å². The van der Waals surface area contributed by atoms with Gasteiger partial charge in [0.05, 0.1) is 28.4 Å². The number of nitrogens with two attached hydrogens (primary N) is 1. The normalized spacial score (nSPS) is 12.8. The lowest BCUT2D eigenvalue weighted by molar-refractivity contribution is 0.585. The quantitative estimate of drug-likeness (QED) is 0.328. The van der Waals surface area contributed by atoms with Crippen molar-refractivity contribution in [2.45, 2.75) is 24.7 Å². The molecule has 1 unspecified atom stereocenters. The number of aromatic amines is 1. The first-order valence-corrected chi connectivity index (χ1v) is 13.3. The minimum Gasteiger partial charge on any atom is -0.382 e. The Morgan fingerprint density at radius 3 is 2.38 bits per heavy atom. The van der Waals surface area contributed by atoms with E-state index in [1.165, 1.54) is 10.3 Å². The molecule has 3 aromatic heterocycles. The van der Waals surface area contributed by atoms with E-state index >= 15 is 0 Å². The summed E-state index contributed by atoms with van der Waals surface area (Å²) in [6, 6.07) is 24.2. The number of nitrogen functional groups attached to an aromatic ring is 1. The summed E-state index contributed by atoms with van der Waals surface area (Å²) in [5.74, 6) is 0.103. The fourth-order valence-electron chi connectivity index (χ4n) is 4.80. The predicted molar refractivity (Wildman–Crippen MR) is 145 cm³/mol. The monoisotopic (exact) mass is 508 g/mol. The maximum Gasteiger partial charge on any atom is 0.268 e. The van der Waals surface area contributed by atoms with Crippen LogP contribution in [0.5, 0.6) is 0 Å². The summed E-state index contributed by atoms with van der Waals surface area (Å²) in [6.45, 7) is 3.83. The number of aryl methyl sites for hydroxylation is 1. The third-order valence-electron chi connectivity index (χ3n) is 6.61. The third kappa shape index (κ3) is 3.66. The van der Waals surface area contributed by atoms with E-state index in [2.05, 4.69) is 19.9 Å². The Bertz CT molecular complexity index is 1870. The first kappa shape index (κ1) is 22.9. The van der Waals surface area contributed by atoms with Crippen molar-refractivity contribution < 1.29 is 8.42 Å². The lowest BCUT2D eigenvalue weighted by Gasteiger charge is -2.18. The number of fused-ring (bicyclic) bond motifs is 2. The van der Waals surface area contributed by atoms with E-state index in [-0.39, 0.29) is 10.7 Å². The van der Waals surface area contributed by atoms with Gasteiger partial charge < -0.3 is 10.7 Å². The average Bonchev–Trinajstić information content (AvgIpc) is 3.52. The van der Waals surface area contributed by atoms with E-state index < -0.39 is 15.9 Å². The molecule has 0 aliphatic heterocycles. The minimum atomic E-state index is -3.99. The number of benzene rings is 3. The SMILES string of the molecule is Cc1ccc(S(=O)(=O)n2c(C(C)c3nc(N)c4nc[nH]c4n3)c(-c3ccccc3)c3ccccc32)cc1. The standard InChI is InChI=1S/C28H24N6O2S/c1-17-12-14-20(15-13-17)37(35,36)34-22-11-7-6-10-21(22)23(19-8-4-3-5-9-19)25(34)18(2)27-32-26(29)24-28(33-27)31-16-30-24/h3-16,18H,1-2H3,(H3,29,30,31,32,33). The molecule has 0 saturated carbocycles. The number of hydrogen-bond donors (Lipinski definition) is 2. The molecule has 0 spiro atoms. The first-order valence-electron chi connectivity index (χ1n) is 11.8. The largest absolute Gasteiger partial charge is 0.382 e. The molecule has 0 amide bonds. The van der Waals surface area contributed by atoms with Crippen molar-refractivity contribution in [3.63, 3.8) is 0 Å². The number of imidazole rings is 1.